The van der Waals surface area contributed by atoms with Crippen molar-refractivity contribution in [2.45, 2.75) is 44.7 Å². The Balaban J connectivity index is 1.84. The van der Waals surface area contributed by atoms with Gasteiger partial charge in [0.15, 0.2) is 0 Å². The Kier molecular flexibility index (Phi) is 4.22. The first kappa shape index (κ1) is 13.4. The molecule has 1 saturated carbocycles. The lowest BCUT2D eigenvalue weighted by molar-refractivity contribution is 0.366. The average molecular weight is 269 g/mol. The van der Waals surface area contributed by atoms with Crippen LogP contribution in [0.3, 0.4) is 0 Å². The molecule has 0 radical (unpaired) electrons. The number of hydrogen-bond donors (Lipinski definition) is 1. The van der Waals surface area contributed by atoms with Crippen LogP contribution in [0.1, 0.15) is 37.7 Å². The lowest BCUT2D eigenvalue weighted by atomic mass is 9.95. The van der Waals surface area contributed by atoms with Gasteiger partial charge in [0.25, 0.3) is 0 Å². The zero-order valence-corrected chi connectivity index (χ0v) is 12.2. The van der Waals surface area contributed by atoms with Gasteiger partial charge < -0.3 is 10.1 Å². The van der Waals surface area contributed by atoms with E-state index < -0.39 is 0 Å². The van der Waals surface area contributed by atoms with Gasteiger partial charge in [-0.1, -0.05) is 49.6 Å². The standard InChI is InChI=1S/C18H23NO/c1-20-18-12-11-14-7-5-6-10-16(14)17(18)13-19-15-8-3-2-4-9-15/h5-7,10-12,15,19H,2-4,8-9,13H2,1H3. The summed E-state index contributed by atoms with van der Waals surface area (Å²) in [6.45, 7) is 0.898. The van der Waals surface area contributed by atoms with Crippen LogP contribution in [0.2, 0.25) is 0 Å². The molecule has 2 aromatic carbocycles. The number of benzene rings is 2. The Hall–Kier alpha value is -1.54. The molecule has 0 amide bonds. The molecule has 0 bridgehead atoms. The fourth-order valence-corrected chi connectivity index (χ4v) is 3.24. The molecule has 0 saturated heterocycles. The van der Waals surface area contributed by atoms with Crippen LogP contribution < -0.4 is 10.1 Å². The van der Waals surface area contributed by atoms with E-state index in [-0.39, 0.29) is 0 Å². The molecule has 0 aromatic heterocycles. The van der Waals surface area contributed by atoms with Gasteiger partial charge in [-0.3, -0.25) is 0 Å². The molecule has 2 nitrogen and oxygen atoms in total. The van der Waals surface area contributed by atoms with Gasteiger partial charge in [-0.25, -0.2) is 0 Å². The second kappa shape index (κ2) is 6.27. The third kappa shape index (κ3) is 2.80. The molecule has 3 rings (SSSR count). The minimum Gasteiger partial charge on any atom is -0.496 e. The summed E-state index contributed by atoms with van der Waals surface area (Å²) in [6.07, 6.45) is 6.75. The Bertz CT molecular complexity index is 573. The predicted molar refractivity (Wildman–Crippen MR) is 84.2 cm³/mol. The maximum Gasteiger partial charge on any atom is 0.123 e. The molecule has 1 aliphatic carbocycles. The third-order valence-electron chi connectivity index (χ3n) is 4.39. The van der Waals surface area contributed by atoms with E-state index >= 15 is 0 Å². The van der Waals surface area contributed by atoms with Crippen molar-refractivity contribution >= 4 is 10.8 Å². The van der Waals surface area contributed by atoms with E-state index in [0.29, 0.717) is 6.04 Å². The Labute approximate surface area is 121 Å². The summed E-state index contributed by atoms with van der Waals surface area (Å²) in [5, 5.41) is 6.31. The molecular weight excluding hydrogens is 246 g/mol. The van der Waals surface area contributed by atoms with Gasteiger partial charge in [0, 0.05) is 18.2 Å². The van der Waals surface area contributed by atoms with Gasteiger partial charge in [0.2, 0.25) is 0 Å². The van der Waals surface area contributed by atoms with Crippen LogP contribution in [0.4, 0.5) is 0 Å². The van der Waals surface area contributed by atoms with Crippen molar-refractivity contribution in [3.8, 4) is 5.75 Å². The van der Waals surface area contributed by atoms with Gasteiger partial charge in [-0.2, -0.15) is 0 Å². The van der Waals surface area contributed by atoms with Gasteiger partial charge >= 0.3 is 0 Å². The average Bonchev–Trinajstić information content (AvgIpc) is 2.53. The first-order chi connectivity index (χ1) is 9.88. The first-order valence-corrected chi connectivity index (χ1v) is 7.66. The van der Waals surface area contributed by atoms with E-state index in [9.17, 15) is 0 Å². The molecule has 1 aliphatic rings. The van der Waals surface area contributed by atoms with Crippen molar-refractivity contribution in [1.29, 1.82) is 0 Å². The van der Waals surface area contributed by atoms with Crippen molar-refractivity contribution in [2.24, 2.45) is 0 Å². The van der Waals surface area contributed by atoms with Gasteiger partial charge in [0.05, 0.1) is 7.11 Å². The highest BCUT2D eigenvalue weighted by Gasteiger charge is 2.14. The minimum atomic E-state index is 0.674. The summed E-state index contributed by atoms with van der Waals surface area (Å²) in [6, 6.07) is 13.4. The van der Waals surface area contributed by atoms with Crippen molar-refractivity contribution in [3.05, 3.63) is 42.0 Å². The molecule has 106 valence electrons. The van der Waals surface area contributed by atoms with E-state index in [1.165, 1.54) is 48.4 Å². The molecule has 1 fully saturated rings. The van der Waals surface area contributed by atoms with Crippen LogP contribution in [0.5, 0.6) is 5.75 Å². The van der Waals surface area contributed by atoms with Crippen LogP contribution in [0, 0.1) is 0 Å². The maximum absolute atomic E-state index is 5.55. The van der Waals surface area contributed by atoms with E-state index in [1.54, 1.807) is 7.11 Å². The smallest absolute Gasteiger partial charge is 0.123 e. The quantitative estimate of drug-likeness (QED) is 0.895. The number of fused-ring (bicyclic) bond motifs is 1. The monoisotopic (exact) mass is 269 g/mol. The lowest BCUT2D eigenvalue weighted by Gasteiger charge is -2.23. The molecule has 0 spiro atoms. The highest BCUT2D eigenvalue weighted by atomic mass is 16.5. The fraction of sp³-hybridized carbons (Fsp3) is 0.444. The maximum atomic E-state index is 5.55. The molecule has 0 unspecified atom stereocenters. The molecule has 0 aliphatic heterocycles. The van der Waals surface area contributed by atoms with Crippen molar-refractivity contribution in [3.63, 3.8) is 0 Å². The minimum absolute atomic E-state index is 0.674. The fourth-order valence-electron chi connectivity index (χ4n) is 3.24. The van der Waals surface area contributed by atoms with E-state index in [2.05, 4.69) is 41.7 Å². The van der Waals surface area contributed by atoms with E-state index in [1.807, 2.05) is 0 Å². The number of ether oxygens (including phenoxy) is 1. The highest BCUT2D eigenvalue weighted by molar-refractivity contribution is 5.87. The number of rotatable bonds is 4. The second-order valence-corrected chi connectivity index (χ2v) is 5.68. The van der Waals surface area contributed by atoms with Crippen molar-refractivity contribution in [2.75, 3.05) is 7.11 Å². The van der Waals surface area contributed by atoms with Crippen LogP contribution in [-0.4, -0.2) is 13.2 Å². The summed E-state index contributed by atoms with van der Waals surface area (Å²) >= 11 is 0. The van der Waals surface area contributed by atoms with Gasteiger partial charge in [-0.05, 0) is 29.7 Å². The zero-order chi connectivity index (χ0) is 13.8. The summed E-state index contributed by atoms with van der Waals surface area (Å²) in [4.78, 5) is 0. The molecule has 0 atom stereocenters. The predicted octanol–water partition coefficient (Wildman–Crippen LogP) is 4.27. The highest BCUT2D eigenvalue weighted by Crippen LogP contribution is 2.28. The number of nitrogens with one attached hydrogen (secondary N) is 1. The topological polar surface area (TPSA) is 21.3 Å². The largest absolute Gasteiger partial charge is 0.496 e. The molecule has 0 heterocycles. The van der Waals surface area contributed by atoms with Gasteiger partial charge in [-0.15, -0.1) is 0 Å². The molecule has 2 aromatic rings. The lowest BCUT2D eigenvalue weighted by Crippen LogP contribution is -2.30. The molecule has 1 N–H and O–H groups in total. The Morgan fingerprint density at radius 2 is 1.85 bits per heavy atom. The first-order valence-electron chi connectivity index (χ1n) is 7.66. The molecule has 2 heteroatoms. The summed E-state index contributed by atoms with van der Waals surface area (Å²) in [7, 11) is 1.76. The van der Waals surface area contributed by atoms with Crippen LogP contribution in [-0.2, 0) is 6.54 Å². The third-order valence-corrected chi connectivity index (χ3v) is 4.39. The Morgan fingerprint density at radius 1 is 1.05 bits per heavy atom. The van der Waals surface area contributed by atoms with Crippen LogP contribution in [0.25, 0.3) is 10.8 Å². The van der Waals surface area contributed by atoms with Crippen molar-refractivity contribution in [1.82, 2.24) is 5.32 Å². The molecular formula is C18H23NO. The number of hydrogen-bond acceptors (Lipinski definition) is 2. The second-order valence-electron chi connectivity index (χ2n) is 5.68. The van der Waals surface area contributed by atoms with Crippen LogP contribution >= 0.6 is 0 Å². The van der Waals surface area contributed by atoms with Crippen LogP contribution in [0.15, 0.2) is 36.4 Å². The Morgan fingerprint density at radius 3 is 2.65 bits per heavy atom. The van der Waals surface area contributed by atoms with Crippen molar-refractivity contribution < 1.29 is 4.74 Å². The summed E-state index contributed by atoms with van der Waals surface area (Å²) in [5.74, 6) is 0.993. The van der Waals surface area contributed by atoms with Gasteiger partial charge in [0.1, 0.15) is 5.75 Å². The molecule has 20 heavy (non-hydrogen) atoms. The summed E-state index contributed by atoms with van der Waals surface area (Å²) in [5.41, 5.74) is 1.29. The normalized spacial score (nSPS) is 16.4. The zero-order valence-electron chi connectivity index (χ0n) is 12.2. The summed E-state index contributed by atoms with van der Waals surface area (Å²) < 4.78 is 5.55. The van der Waals surface area contributed by atoms with E-state index in [0.717, 1.165) is 12.3 Å². The van der Waals surface area contributed by atoms with E-state index in [4.69, 9.17) is 4.74 Å². The SMILES string of the molecule is COc1ccc2ccccc2c1CNC1CCCCC1. The number of methoxy groups -OCH3 is 1.